The Labute approximate surface area is 378 Å². The Morgan fingerprint density at radius 1 is 0.484 bits per heavy atom. The van der Waals surface area contributed by atoms with Crippen LogP contribution in [0.15, 0.2) is 0 Å². The molecule has 0 aliphatic carbocycles. The number of carbonyl (C=O) groups is 6. The number of halogens is 1. The van der Waals surface area contributed by atoms with Crippen molar-refractivity contribution in [1.82, 2.24) is 26.7 Å². The molecule has 0 fully saturated rings. The Bertz CT molecular complexity index is 1300. The fraction of sp³-hybridized carbons (Fsp3) is 0.857. The van der Waals surface area contributed by atoms with Crippen LogP contribution >= 0.6 is 7.60 Å². The molecule has 22 heteroatoms. The van der Waals surface area contributed by atoms with Gasteiger partial charge in [-0.05, 0) is 38.5 Å². The quantitative estimate of drug-likeness (QED) is 0.0182. The average molecular weight is 944 g/mol. The molecule has 0 aromatic heterocycles. The first kappa shape index (κ1) is 60.9. The second kappa shape index (κ2) is 42.5. The molecule has 374 valence electrons. The summed E-state index contributed by atoms with van der Waals surface area (Å²) in [5.74, 6) is -2.60. The van der Waals surface area contributed by atoms with Crippen LogP contribution in [0.3, 0.4) is 0 Å². The van der Waals surface area contributed by atoms with E-state index in [1.165, 1.54) is 44.9 Å². The van der Waals surface area contributed by atoms with Gasteiger partial charge in [-0.15, -0.1) is 0 Å². The van der Waals surface area contributed by atoms with Crippen LogP contribution in [0, 0.1) is 0 Å². The number of carboxylic acids is 1. The molecule has 9 N–H and O–H groups in total. The van der Waals surface area contributed by atoms with Crippen molar-refractivity contribution in [3.8, 4) is 0 Å². The maximum Gasteiger partial charge on any atom is 0.326 e. The van der Waals surface area contributed by atoms with Gasteiger partial charge in [0.25, 0.3) is 0 Å². The molecule has 0 spiro atoms. The van der Waals surface area contributed by atoms with Crippen molar-refractivity contribution in [3.63, 3.8) is 0 Å². The minimum absolute atomic E-state index is 0.00751. The number of carbonyl (C=O) groups excluding carboxylic acids is 5. The van der Waals surface area contributed by atoms with Crippen molar-refractivity contribution in [2.45, 2.75) is 153 Å². The van der Waals surface area contributed by atoms with E-state index in [1.54, 1.807) is 5.48 Å². The first-order valence-electron chi connectivity index (χ1n) is 23.0. The predicted molar refractivity (Wildman–Crippen MR) is 235 cm³/mol. The van der Waals surface area contributed by atoms with Gasteiger partial charge in [-0.3, -0.25) is 28.5 Å². The molecule has 64 heavy (non-hydrogen) atoms. The molecule has 0 aliphatic rings. The van der Waals surface area contributed by atoms with Crippen molar-refractivity contribution in [2.75, 3.05) is 78.7 Å². The number of amides is 4. The van der Waals surface area contributed by atoms with E-state index in [4.69, 9.17) is 33.9 Å². The fourth-order valence-electron chi connectivity index (χ4n) is 6.29. The van der Waals surface area contributed by atoms with Gasteiger partial charge in [0, 0.05) is 38.6 Å². The van der Waals surface area contributed by atoms with E-state index < -0.39 is 31.7 Å². The highest BCUT2D eigenvalue weighted by Crippen LogP contribution is 2.35. The summed E-state index contributed by atoms with van der Waals surface area (Å²) >= 11 is 0. The number of aliphatic carboxylic acids is 1. The second-order valence-corrected chi connectivity index (χ2v) is 17.4. The van der Waals surface area contributed by atoms with E-state index in [2.05, 4.69) is 21.3 Å². The van der Waals surface area contributed by atoms with Gasteiger partial charge in [0.1, 0.15) is 25.3 Å². The molecule has 0 radical (unpaired) electrons. The van der Waals surface area contributed by atoms with Crippen molar-refractivity contribution in [2.24, 2.45) is 0 Å². The minimum Gasteiger partial charge on any atom is -0.480 e. The van der Waals surface area contributed by atoms with Gasteiger partial charge in [0.05, 0.1) is 39.6 Å². The van der Waals surface area contributed by atoms with Crippen molar-refractivity contribution >= 4 is 43.2 Å². The number of ether oxygens (including phenoxy) is 4. The molecule has 0 saturated carbocycles. The van der Waals surface area contributed by atoms with Crippen LogP contribution in [-0.2, 0) is 52.3 Å². The summed E-state index contributed by atoms with van der Waals surface area (Å²) in [6.07, 6.45) is 18.1. The first-order valence-corrected chi connectivity index (χ1v) is 24.8. The summed E-state index contributed by atoms with van der Waals surface area (Å²) in [6.45, 7) is 1.47. The van der Waals surface area contributed by atoms with Crippen LogP contribution in [0.5, 0.6) is 0 Å². The highest BCUT2D eigenvalue weighted by molar-refractivity contribution is 7.51. The summed E-state index contributed by atoms with van der Waals surface area (Å²) in [7, 11) is -3.85. The SMILES string of the molecule is O=C(CC[C@H](NC(=O)CCCCCCCCCCCCCCCCCCP(=O)(O)O)C(=O)O)NCCOCCOCC(=O)NCCOCCOCC(=O)NCCCC[C@H](NO)C(=O)F. The van der Waals surface area contributed by atoms with Crippen LogP contribution in [0.4, 0.5) is 4.39 Å². The van der Waals surface area contributed by atoms with E-state index in [0.29, 0.717) is 32.2 Å². The largest absolute Gasteiger partial charge is 0.480 e. The molecule has 20 nitrogen and oxygen atoms in total. The molecule has 0 saturated heterocycles. The number of nitrogens with one attached hydrogen (secondary N) is 5. The monoisotopic (exact) mass is 944 g/mol. The third kappa shape index (κ3) is 42.8. The molecule has 0 aromatic carbocycles. The molecule has 4 amide bonds. The normalized spacial score (nSPS) is 12.4. The summed E-state index contributed by atoms with van der Waals surface area (Å²) in [6, 6.07) is -4.07. The maximum absolute atomic E-state index is 12.5. The van der Waals surface area contributed by atoms with E-state index in [0.717, 1.165) is 44.9 Å². The molecule has 0 unspecified atom stereocenters. The van der Waals surface area contributed by atoms with Gasteiger partial charge in [-0.25, -0.2) is 4.79 Å². The zero-order chi connectivity index (χ0) is 47.5. The smallest absolute Gasteiger partial charge is 0.326 e. The van der Waals surface area contributed by atoms with Crippen LogP contribution < -0.4 is 26.7 Å². The molecular formula is C42H79FN5O15P. The van der Waals surface area contributed by atoms with Crippen molar-refractivity contribution < 1.29 is 76.8 Å². The Hall–Kier alpha value is -3.14. The van der Waals surface area contributed by atoms with Gasteiger partial charge in [0.2, 0.25) is 23.6 Å². The van der Waals surface area contributed by atoms with Gasteiger partial charge in [-0.1, -0.05) is 89.9 Å². The van der Waals surface area contributed by atoms with Gasteiger partial charge in [-0.2, -0.15) is 9.87 Å². The van der Waals surface area contributed by atoms with E-state index in [9.17, 15) is 42.8 Å². The van der Waals surface area contributed by atoms with E-state index in [-0.39, 0.29) is 121 Å². The minimum atomic E-state index is -3.85. The topological polar surface area (TPSA) is 297 Å². The third-order valence-corrected chi connectivity index (χ3v) is 10.8. The van der Waals surface area contributed by atoms with Gasteiger partial charge in [0.15, 0.2) is 0 Å². The lowest BCUT2D eigenvalue weighted by Crippen LogP contribution is -2.41. The summed E-state index contributed by atoms with van der Waals surface area (Å²) in [5.41, 5.74) is 1.60. The van der Waals surface area contributed by atoms with Crippen LogP contribution in [0.2, 0.25) is 0 Å². The summed E-state index contributed by atoms with van der Waals surface area (Å²) < 4.78 is 44.6. The lowest BCUT2D eigenvalue weighted by Gasteiger charge is -2.14. The molecule has 0 bridgehead atoms. The van der Waals surface area contributed by atoms with Crippen LogP contribution in [0.25, 0.3) is 0 Å². The Morgan fingerprint density at radius 2 is 0.922 bits per heavy atom. The fourth-order valence-corrected chi connectivity index (χ4v) is 6.93. The molecule has 0 heterocycles. The Kier molecular flexibility index (Phi) is 40.4. The number of rotatable bonds is 47. The first-order chi connectivity index (χ1) is 30.7. The van der Waals surface area contributed by atoms with Gasteiger partial charge >= 0.3 is 19.6 Å². The third-order valence-electron chi connectivity index (χ3n) is 9.92. The number of carboxylic acid groups (broad SMARTS) is 1. The maximum atomic E-state index is 12.5. The second-order valence-electron chi connectivity index (χ2n) is 15.7. The molecular weight excluding hydrogens is 864 g/mol. The molecule has 2 atom stereocenters. The summed E-state index contributed by atoms with van der Waals surface area (Å²) in [5, 5.41) is 28.6. The molecule has 0 aromatic rings. The van der Waals surface area contributed by atoms with Crippen molar-refractivity contribution in [3.05, 3.63) is 0 Å². The zero-order valence-corrected chi connectivity index (χ0v) is 38.7. The van der Waals surface area contributed by atoms with Crippen LogP contribution in [-0.4, -0.2) is 146 Å². The highest BCUT2D eigenvalue weighted by atomic mass is 31.2. The number of unbranched alkanes of at least 4 members (excludes halogenated alkanes) is 16. The Morgan fingerprint density at radius 3 is 1.38 bits per heavy atom. The van der Waals surface area contributed by atoms with Gasteiger partial charge < -0.3 is 60.3 Å². The number of hydroxylamine groups is 1. The predicted octanol–water partition coefficient (Wildman–Crippen LogP) is 3.57. The zero-order valence-electron chi connectivity index (χ0n) is 37.8. The highest BCUT2D eigenvalue weighted by Gasteiger charge is 2.21. The van der Waals surface area contributed by atoms with E-state index in [1.807, 2.05) is 0 Å². The van der Waals surface area contributed by atoms with E-state index >= 15 is 0 Å². The average Bonchev–Trinajstić information content (AvgIpc) is 3.24. The standard InChI is InChI=1S/C42H79FN5O15P/c43-41(53)35(48-56)19-16-17-23-44-39(51)33-62-30-29-61-27-25-46-40(52)34-63-31-28-60-26-24-45-37(49)22-21-36(42(54)55)47-38(50)20-15-13-11-9-7-5-3-1-2-4-6-8-10-12-14-18-32-64(57,58)59/h35-36,48,56H,1-34H2,(H,44,51)(H,45,49)(H,46,52)(H,47,50)(H,54,55)(H2,57,58,59)/t35-,36-/m0/s1. The molecule has 0 aliphatic heterocycles. The summed E-state index contributed by atoms with van der Waals surface area (Å²) in [4.78, 5) is 88.1. The Balaban J connectivity index is 3.65. The van der Waals surface area contributed by atoms with Crippen LogP contribution in [0.1, 0.15) is 141 Å². The lowest BCUT2D eigenvalue weighted by atomic mass is 10.0. The van der Waals surface area contributed by atoms with Crippen molar-refractivity contribution in [1.29, 1.82) is 0 Å². The molecule has 0 rings (SSSR count). The number of hydrogen-bond acceptors (Lipinski definition) is 13. The lowest BCUT2D eigenvalue weighted by molar-refractivity contribution is -0.142. The number of hydrogen-bond donors (Lipinski definition) is 9.